The Bertz CT molecular complexity index is 714. The summed E-state index contributed by atoms with van der Waals surface area (Å²) in [5.74, 6) is 0.338. The third-order valence-electron chi connectivity index (χ3n) is 4.87. The highest BCUT2D eigenvalue weighted by Gasteiger charge is 2.28. The molecule has 0 aliphatic carbocycles. The van der Waals surface area contributed by atoms with E-state index in [0.29, 0.717) is 18.8 Å². The van der Waals surface area contributed by atoms with Crippen LogP contribution in [0.2, 0.25) is 0 Å². The Morgan fingerprint density at radius 1 is 1.29 bits per heavy atom. The zero-order chi connectivity index (χ0) is 17.2. The van der Waals surface area contributed by atoms with Gasteiger partial charge >= 0.3 is 0 Å². The third kappa shape index (κ3) is 3.62. The molecule has 1 aliphatic rings. The number of hydrogen-bond donors (Lipinski definition) is 2. The Morgan fingerprint density at radius 3 is 2.71 bits per heavy atom. The fourth-order valence-corrected chi connectivity index (χ4v) is 3.34. The van der Waals surface area contributed by atoms with Gasteiger partial charge in [0.1, 0.15) is 5.58 Å². The van der Waals surface area contributed by atoms with Gasteiger partial charge in [0.2, 0.25) is 0 Å². The number of nitrogens with one attached hydrogen (secondary N) is 2. The molecular formula is C19H27N3O2. The first kappa shape index (κ1) is 17.0. The van der Waals surface area contributed by atoms with Gasteiger partial charge in [-0.05, 0) is 51.5 Å². The molecule has 130 valence electrons. The zero-order valence-corrected chi connectivity index (χ0v) is 14.8. The third-order valence-corrected chi connectivity index (χ3v) is 4.87. The fraction of sp³-hybridized carbons (Fsp3) is 0.526. The molecule has 1 amide bonds. The van der Waals surface area contributed by atoms with Crippen LogP contribution in [0.25, 0.3) is 11.0 Å². The zero-order valence-electron chi connectivity index (χ0n) is 14.8. The van der Waals surface area contributed by atoms with Gasteiger partial charge in [0.05, 0.1) is 0 Å². The number of carbonyl (C=O) groups excluding carboxylic acids is 1. The van der Waals surface area contributed by atoms with Crippen molar-refractivity contribution in [2.75, 3.05) is 33.7 Å². The first-order chi connectivity index (χ1) is 11.5. The SMILES string of the molecule is CN(C)Cc1c(C(=O)NCC2(C)CCNCC2)oc2ccccc12. The average Bonchev–Trinajstić information content (AvgIpc) is 2.92. The number of carbonyl (C=O) groups is 1. The van der Waals surface area contributed by atoms with Crippen molar-refractivity contribution >= 4 is 16.9 Å². The summed E-state index contributed by atoms with van der Waals surface area (Å²) in [4.78, 5) is 14.8. The molecule has 24 heavy (non-hydrogen) atoms. The maximum atomic E-state index is 12.8. The molecule has 5 nitrogen and oxygen atoms in total. The van der Waals surface area contributed by atoms with Gasteiger partial charge in [-0.3, -0.25) is 4.79 Å². The molecule has 2 aromatic rings. The molecule has 0 spiro atoms. The van der Waals surface area contributed by atoms with Gasteiger partial charge in [0, 0.05) is 24.0 Å². The van der Waals surface area contributed by atoms with Crippen LogP contribution < -0.4 is 10.6 Å². The summed E-state index contributed by atoms with van der Waals surface area (Å²) in [5, 5.41) is 7.49. The standard InChI is InChI=1S/C19H27N3O2/c1-19(8-10-20-11-9-19)13-21-18(23)17-15(12-22(2)3)14-6-4-5-7-16(14)24-17/h4-7,20H,8-13H2,1-3H3,(H,21,23). The Kier molecular flexibility index (Phi) is 4.92. The number of fused-ring (bicyclic) bond motifs is 1. The molecule has 2 N–H and O–H groups in total. The van der Waals surface area contributed by atoms with Crippen molar-refractivity contribution in [2.45, 2.75) is 26.3 Å². The molecule has 3 rings (SSSR count). The lowest BCUT2D eigenvalue weighted by Gasteiger charge is -2.34. The lowest BCUT2D eigenvalue weighted by atomic mass is 9.81. The smallest absolute Gasteiger partial charge is 0.287 e. The summed E-state index contributed by atoms with van der Waals surface area (Å²) in [5.41, 5.74) is 1.89. The highest BCUT2D eigenvalue weighted by Crippen LogP contribution is 2.29. The molecule has 1 saturated heterocycles. The predicted octanol–water partition coefficient (Wildman–Crippen LogP) is 2.61. The second-order valence-electron chi connectivity index (χ2n) is 7.39. The van der Waals surface area contributed by atoms with E-state index in [9.17, 15) is 4.79 Å². The molecule has 0 radical (unpaired) electrons. The lowest BCUT2D eigenvalue weighted by Crippen LogP contribution is -2.43. The molecule has 0 bridgehead atoms. The molecule has 1 aromatic heterocycles. The van der Waals surface area contributed by atoms with Crippen molar-refractivity contribution in [1.82, 2.24) is 15.5 Å². The van der Waals surface area contributed by atoms with Crippen LogP contribution in [0.4, 0.5) is 0 Å². The van der Waals surface area contributed by atoms with Crippen molar-refractivity contribution in [3.05, 3.63) is 35.6 Å². The van der Waals surface area contributed by atoms with E-state index in [-0.39, 0.29) is 11.3 Å². The van der Waals surface area contributed by atoms with E-state index in [2.05, 4.69) is 22.5 Å². The number of benzene rings is 1. The van der Waals surface area contributed by atoms with Crippen LogP contribution in [-0.2, 0) is 6.54 Å². The van der Waals surface area contributed by atoms with Crippen molar-refractivity contribution < 1.29 is 9.21 Å². The average molecular weight is 329 g/mol. The number of rotatable bonds is 5. The summed E-state index contributed by atoms with van der Waals surface area (Å²) < 4.78 is 5.88. The van der Waals surface area contributed by atoms with E-state index >= 15 is 0 Å². The number of piperidine rings is 1. The highest BCUT2D eigenvalue weighted by molar-refractivity contribution is 5.99. The second kappa shape index (κ2) is 6.95. The van der Waals surface area contributed by atoms with Crippen LogP contribution in [0.1, 0.15) is 35.9 Å². The van der Waals surface area contributed by atoms with E-state index in [4.69, 9.17) is 4.42 Å². The first-order valence-electron chi connectivity index (χ1n) is 8.63. The Morgan fingerprint density at radius 2 is 2.00 bits per heavy atom. The first-order valence-corrected chi connectivity index (χ1v) is 8.63. The minimum atomic E-state index is -0.109. The summed E-state index contributed by atoms with van der Waals surface area (Å²) in [7, 11) is 4.00. The second-order valence-corrected chi connectivity index (χ2v) is 7.39. The summed E-state index contributed by atoms with van der Waals surface area (Å²) in [6, 6.07) is 7.85. The number of hydrogen-bond acceptors (Lipinski definition) is 4. The Hall–Kier alpha value is -1.85. The minimum absolute atomic E-state index is 0.109. The highest BCUT2D eigenvalue weighted by atomic mass is 16.3. The van der Waals surface area contributed by atoms with Gasteiger partial charge < -0.3 is 20.0 Å². The van der Waals surface area contributed by atoms with E-state index in [1.54, 1.807) is 0 Å². The normalized spacial score (nSPS) is 17.3. The number of para-hydroxylation sites is 1. The maximum Gasteiger partial charge on any atom is 0.287 e. The van der Waals surface area contributed by atoms with Crippen LogP contribution in [0.3, 0.4) is 0 Å². The Balaban J connectivity index is 1.81. The lowest BCUT2D eigenvalue weighted by molar-refractivity contribution is 0.0894. The number of furan rings is 1. The summed E-state index contributed by atoms with van der Waals surface area (Å²) in [6.45, 7) is 5.65. The molecule has 2 heterocycles. The maximum absolute atomic E-state index is 12.8. The fourth-order valence-electron chi connectivity index (χ4n) is 3.34. The van der Waals surface area contributed by atoms with Gasteiger partial charge in [0.25, 0.3) is 5.91 Å². The molecule has 5 heteroatoms. The topological polar surface area (TPSA) is 57.5 Å². The van der Waals surface area contributed by atoms with Gasteiger partial charge in [0.15, 0.2) is 5.76 Å². The van der Waals surface area contributed by atoms with Crippen molar-refractivity contribution in [2.24, 2.45) is 5.41 Å². The molecule has 1 aromatic carbocycles. The van der Waals surface area contributed by atoms with Crippen LogP contribution >= 0.6 is 0 Å². The van der Waals surface area contributed by atoms with Crippen LogP contribution in [-0.4, -0.2) is 44.5 Å². The largest absolute Gasteiger partial charge is 0.451 e. The Labute approximate surface area is 143 Å². The quantitative estimate of drug-likeness (QED) is 0.885. The molecule has 0 atom stereocenters. The van der Waals surface area contributed by atoms with Crippen LogP contribution in [0.15, 0.2) is 28.7 Å². The molecule has 0 unspecified atom stereocenters. The number of amides is 1. The van der Waals surface area contributed by atoms with E-state index in [0.717, 1.165) is 42.5 Å². The summed E-state index contributed by atoms with van der Waals surface area (Å²) in [6.07, 6.45) is 2.16. The minimum Gasteiger partial charge on any atom is -0.451 e. The monoisotopic (exact) mass is 329 g/mol. The molecule has 0 saturated carbocycles. The number of nitrogens with zero attached hydrogens (tertiary/aromatic N) is 1. The molecule has 1 aliphatic heterocycles. The van der Waals surface area contributed by atoms with Gasteiger partial charge in [-0.1, -0.05) is 25.1 Å². The predicted molar refractivity (Wildman–Crippen MR) is 96.1 cm³/mol. The van der Waals surface area contributed by atoms with E-state index in [1.807, 2.05) is 38.4 Å². The van der Waals surface area contributed by atoms with E-state index in [1.165, 1.54) is 0 Å². The van der Waals surface area contributed by atoms with Crippen molar-refractivity contribution in [3.63, 3.8) is 0 Å². The van der Waals surface area contributed by atoms with Gasteiger partial charge in [-0.15, -0.1) is 0 Å². The van der Waals surface area contributed by atoms with Crippen LogP contribution in [0.5, 0.6) is 0 Å². The summed E-state index contributed by atoms with van der Waals surface area (Å²) >= 11 is 0. The molecular weight excluding hydrogens is 302 g/mol. The van der Waals surface area contributed by atoms with Crippen molar-refractivity contribution in [1.29, 1.82) is 0 Å². The van der Waals surface area contributed by atoms with Gasteiger partial charge in [-0.25, -0.2) is 0 Å². The van der Waals surface area contributed by atoms with Crippen LogP contribution in [0, 0.1) is 5.41 Å². The van der Waals surface area contributed by atoms with Gasteiger partial charge in [-0.2, -0.15) is 0 Å². The molecule has 1 fully saturated rings. The van der Waals surface area contributed by atoms with E-state index < -0.39 is 0 Å². The van der Waals surface area contributed by atoms with Crippen molar-refractivity contribution in [3.8, 4) is 0 Å².